The topological polar surface area (TPSA) is 37.7 Å². The van der Waals surface area contributed by atoms with E-state index in [1.165, 1.54) is 27.1 Å². The second-order valence-corrected chi connectivity index (χ2v) is 17.7. The van der Waals surface area contributed by atoms with Crippen molar-refractivity contribution in [3.63, 3.8) is 0 Å². The molecule has 0 unspecified atom stereocenters. The van der Waals surface area contributed by atoms with Gasteiger partial charge in [0.05, 0.1) is 22.4 Å². The van der Waals surface area contributed by atoms with Crippen molar-refractivity contribution in [2.45, 2.75) is 0 Å². The fourth-order valence-electron chi connectivity index (χ4n) is 10.6. The van der Waals surface area contributed by atoms with Gasteiger partial charge < -0.3 is 23.2 Å². The summed E-state index contributed by atoms with van der Waals surface area (Å²) in [5.41, 5.74) is 14.9. The van der Waals surface area contributed by atoms with E-state index in [9.17, 15) is 0 Å². The van der Waals surface area contributed by atoms with Gasteiger partial charge in [-0.05, 0) is 125 Å². The Morgan fingerprint density at radius 2 is 0.783 bits per heavy atom. The van der Waals surface area contributed by atoms with Crippen molar-refractivity contribution in [1.82, 2.24) is 4.57 Å². The molecule has 0 aliphatic heterocycles. The average Bonchev–Trinajstić information content (AvgIpc) is 4.09. The minimum absolute atomic E-state index is 0.790. The first-order valence-corrected chi connectivity index (χ1v) is 23.4. The molecule has 11 aromatic carbocycles. The Kier molecular flexibility index (Phi) is 8.83. The molecule has 0 N–H and O–H groups in total. The third kappa shape index (κ3) is 6.32. The van der Waals surface area contributed by atoms with E-state index in [1.54, 1.807) is 0 Å². The lowest BCUT2D eigenvalue weighted by Crippen LogP contribution is -2.13. The van der Waals surface area contributed by atoms with Crippen LogP contribution in [0.2, 0.25) is 0 Å². The van der Waals surface area contributed by atoms with Gasteiger partial charge in [0.15, 0.2) is 11.2 Å². The van der Waals surface area contributed by atoms with Crippen LogP contribution in [0.4, 0.5) is 34.1 Å². The van der Waals surface area contributed by atoms with Gasteiger partial charge in [0.1, 0.15) is 11.2 Å². The van der Waals surface area contributed by atoms with Crippen molar-refractivity contribution in [3.05, 3.63) is 249 Å². The van der Waals surface area contributed by atoms with E-state index in [0.717, 1.165) is 100 Å². The van der Waals surface area contributed by atoms with Crippen LogP contribution in [0.5, 0.6) is 0 Å². The Hall–Kier alpha value is -9.32. The Labute approximate surface area is 397 Å². The van der Waals surface area contributed by atoms with Gasteiger partial charge >= 0.3 is 0 Å². The molecule has 0 aliphatic carbocycles. The number of anilines is 6. The zero-order valence-corrected chi connectivity index (χ0v) is 37.3. The predicted octanol–water partition coefficient (Wildman–Crippen LogP) is 18.3. The first-order chi connectivity index (χ1) is 34.2. The number of hydrogen-bond acceptors (Lipinski definition) is 4. The number of hydrogen-bond donors (Lipinski definition) is 0. The number of rotatable bonds is 8. The van der Waals surface area contributed by atoms with Crippen molar-refractivity contribution in [3.8, 4) is 16.8 Å². The summed E-state index contributed by atoms with van der Waals surface area (Å²) in [6.07, 6.45) is 0. The van der Waals surface area contributed by atoms with Crippen molar-refractivity contribution in [2.75, 3.05) is 9.80 Å². The van der Waals surface area contributed by atoms with Crippen LogP contribution in [0.15, 0.2) is 258 Å². The van der Waals surface area contributed by atoms with Crippen molar-refractivity contribution < 1.29 is 8.83 Å². The largest absolute Gasteiger partial charge is 0.454 e. The van der Waals surface area contributed by atoms with Gasteiger partial charge in [0.2, 0.25) is 0 Å². The van der Waals surface area contributed by atoms with E-state index in [1.807, 2.05) is 12.1 Å². The third-order valence-electron chi connectivity index (χ3n) is 13.7. The summed E-state index contributed by atoms with van der Waals surface area (Å²) in [7, 11) is 0. The highest BCUT2D eigenvalue weighted by atomic mass is 16.3. The van der Waals surface area contributed by atoms with E-state index in [-0.39, 0.29) is 0 Å². The molecule has 0 aliphatic rings. The average molecular weight is 884 g/mol. The molecule has 3 aromatic heterocycles. The zero-order valence-electron chi connectivity index (χ0n) is 37.3. The molecular formula is C64H41N3O2. The molecule has 0 atom stereocenters. The van der Waals surface area contributed by atoms with E-state index in [0.29, 0.717) is 0 Å². The molecule has 14 aromatic rings. The lowest BCUT2D eigenvalue weighted by molar-refractivity contribution is 0.666. The molecule has 0 bridgehead atoms. The van der Waals surface area contributed by atoms with Crippen LogP contribution in [0.25, 0.3) is 93.3 Å². The summed E-state index contributed by atoms with van der Waals surface area (Å²) < 4.78 is 16.3. The molecule has 14 rings (SSSR count). The fourth-order valence-corrected chi connectivity index (χ4v) is 10.6. The second-order valence-electron chi connectivity index (χ2n) is 17.7. The monoisotopic (exact) mass is 883 g/mol. The summed E-state index contributed by atoms with van der Waals surface area (Å²) in [5, 5.41) is 9.13. The number of furan rings is 2. The quantitative estimate of drug-likeness (QED) is 0.152. The lowest BCUT2D eigenvalue weighted by atomic mass is 10.0. The molecule has 5 nitrogen and oxygen atoms in total. The van der Waals surface area contributed by atoms with E-state index >= 15 is 0 Å². The van der Waals surface area contributed by atoms with Gasteiger partial charge in [-0.25, -0.2) is 0 Å². The molecule has 0 radical (unpaired) electrons. The molecule has 0 amide bonds. The zero-order chi connectivity index (χ0) is 45.4. The smallest absolute Gasteiger partial charge is 0.159 e. The van der Waals surface area contributed by atoms with Crippen molar-refractivity contribution in [1.29, 1.82) is 0 Å². The number of nitrogens with zero attached hydrogens (tertiary/aromatic N) is 3. The SMILES string of the molecule is c1ccc(N(c2ccccc2)c2cccc(N(c3cccc4c3oc3ccccc34)c3cccc4c3oc3cc(-c5ccc6c7cc8ccccc8cc7n(-c7ccccc7)c6c5)ccc34)c2)cc1. The Morgan fingerprint density at radius 3 is 1.48 bits per heavy atom. The normalized spacial score (nSPS) is 11.8. The lowest BCUT2D eigenvalue weighted by Gasteiger charge is -2.29. The summed E-state index contributed by atoms with van der Waals surface area (Å²) >= 11 is 0. The second kappa shape index (κ2) is 15.7. The molecule has 0 fully saturated rings. The van der Waals surface area contributed by atoms with E-state index < -0.39 is 0 Å². The van der Waals surface area contributed by atoms with Crippen LogP contribution in [0.3, 0.4) is 0 Å². The highest BCUT2D eigenvalue weighted by Gasteiger charge is 2.25. The standard InChI is InChI=1S/C64H41N3O2/c1-4-19-46(20-5-1)65(47-21-6-2-7-22-47)49-25-14-26-50(41-49)67(57-30-15-28-54-52-27-12-13-32-61(52)68-63(54)57)58-31-16-29-55-53-36-34-45(40-62(53)69-64(55)58)44-33-35-51-56-37-42-17-10-11-18-43(42)38-60(56)66(59(51)39-44)48-23-8-3-9-24-48/h1-41H. The number of fused-ring (bicyclic) bond motifs is 10. The van der Waals surface area contributed by atoms with Crippen LogP contribution in [-0.2, 0) is 0 Å². The molecule has 5 heteroatoms. The van der Waals surface area contributed by atoms with E-state index in [4.69, 9.17) is 8.83 Å². The van der Waals surface area contributed by atoms with Crippen LogP contribution in [0.1, 0.15) is 0 Å². The van der Waals surface area contributed by atoms with Crippen molar-refractivity contribution >= 4 is 111 Å². The Balaban J connectivity index is 0.955. The maximum atomic E-state index is 7.14. The molecule has 3 heterocycles. The van der Waals surface area contributed by atoms with Crippen LogP contribution >= 0.6 is 0 Å². The minimum atomic E-state index is 0.790. The van der Waals surface area contributed by atoms with Gasteiger partial charge in [0, 0.05) is 60.8 Å². The number of para-hydroxylation sites is 6. The molecule has 324 valence electrons. The van der Waals surface area contributed by atoms with Crippen LogP contribution in [0, 0.1) is 0 Å². The van der Waals surface area contributed by atoms with Crippen molar-refractivity contribution in [2.24, 2.45) is 0 Å². The number of aromatic nitrogens is 1. The number of benzene rings is 11. The molecule has 0 saturated heterocycles. The van der Waals surface area contributed by atoms with Crippen LogP contribution < -0.4 is 9.80 Å². The highest BCUT2D eigenvalue weighted by Crippen LogP contribution is 2.48. The minimum Gasteiger partial charge on any atom is -0.454 e. The fraction of sp³-hybridized carbons (Fsp3) is 0. The summed E-state index contributed by atoms with van der Waals surface area (Å²) in [5.74, 6) is 0. The maximum absolute atomic E-state index is 7.14. The molecule has 69 heavy (non-hydrogen) atoms. The van der Waals surface area contributed by atoms with Gasteiger partial charge in [-0.1, -0.05) is 146 Å². The summed E-state index contributed by atoms with van der Waals surface area (Å²) in [4.78, 5) is 4.60. The maximum Gasteiger partial charge on any atom is 0.159 e. The Morgan fingerprint density at radius 1 is 0.290 bits per heavy atom. The van der Waals surface area contributed by atoms with Gasteiger partial charge in [-0.2, -0.15) is 0 Å². The highest BCUT2D eigenvalue weighted by molar-refractivity contribution is 6.16. The van der Waals surface area contributed by atoms with Gasteiger partial charge in [-0.3, -0.25) is 0 Å². The summed E-state index contributed by atoms with van der Waals surface area (Å²) in [6.45, 7) is 0. The summed E-state index contributed by atoms with van der Waals surface area (Å²) in [6, 6.07) is 88.4. The third-order valence-corrected chi connectivity index (χ3v) is 13.7. The Bertz CT molecular complexity index is 4220. The van der Waals surface area contributed by atoms with Crippen LogP contribution in [-0.4, -0.2) is 4.57 Å². The molecule has 0 saturated carbocycles. The van der Waals surface area contributed by atoms with Gasteiger partial charge in [-0.15, -0.1) is 0 Å². The van der Waals surface area contributed by atoms with Gasteiger partial charge in [0.25, 0.3) is 0 Å². The predicted molar refractivity (Wildman–Crippen MR) is 288 cm³/mol. The molecule has 0 spiro atoms. The first-order valence-electron chi connectivity index (χ1n) is 23.4. The first kappa shape index (κ1) is 38.9. The molecular weight excluding hydrogens is 843 g/mol. The van der Waals surface area contributed by atoms with E-state index in [2.05, 4.69) is 251 Å².